The Labute approximate surface area is 108 Å². The van der Waals surface area contributed by atoms with E-state index in [-0.39, 0.29) is 17.4 Å². The summed E-state index contributed by atoms with van der Waals surface area (Å²) in [6.45, 7) is 0.563. The zero-order chi connectivity index (χ0) is 13.4. The van der Waals surface area contributed by atoms with Gasteiger partial charge in [0.1, 0.15) is 0 Å². The van der Waals surface area contributed by atoms with Gasteiger partial charge in [0.05, 0.1) is 0 Å². The molecule has 19 heavy (non-hydrogen) atoms. The molecule has 0 aliphatic carbocycles. The minimum absolute atomic E-state index is 0.00843. The van der Waals surface area contributed by atoms with E-state index in [1.165, 1.54) is 0 Å². The van der Waals surface area contributed by atoms with E-state index in [1.54, 1.807) is 4.90 Å². The molecule has 0 saturated carbocycles. The van der Waals surface area contributed by atoms with Gasteiger partial charge in [-0.2, -0.15) is 0 Å². The van der Waals surface area contributed by atoms with E-state index in [2.05, 4.69) is 9.68 Å². The lowest BCUT2D eigenvalue weighted by Crippen LogP contribution is -2.29. The van der Waals surface area contributed by atoms with E-state index in [1.807, 2.05) is 24.3 Å². The molecule has 1 aliphatic rings. The van der Waals surface area contributed by atoms with Gasteiger partial charge >= 0.3 is 5.97 Å². The van der Waals surface area contributed by atoms with Crippen molar-refractivity contribution in [1.82, 2.24) is 5.16 Å². The van der Waals surface area contributed by atoms with Gasteiger partial charge in [0.2, 0.25) is 5.76 Å². The Balaban J connectivity index is 1.91. The zero-order valence-electron chi connectivity index (χ0n) is 9.87. The number of carbonyl (C=O) groups is 2. The first kappa shape index (κ1) is 11.5. The van der Waals surface area contributed by atoms with Crippen LogP contribution in [0.25, 0.3) is 0 Å². The molecule has 3 rings (SSSR count). The number of para-hydroxylation sites is 1. The van der Waals surface area contributed by atoms with Crippen molar-refractivity contribution < 1.29 is 19.2 Å². The van der Waals surface area contributed by atoms with Crippen LogP contribution in [-0.2, 0) is 6.42 Å². The second-order valence-corrected chi connectivity index (χ2v) is 4.22. The van der Waals surface area contributed by atoms with Gasteiger partial charge in [-0.05, 0) is 18.1 Å². The molecular weight excluding hydrogens is 248 g/mol. The summed E-state index contributed by atoms with van der Waals surface area (Å²) in [5.74, 6) is -1.93. The monoisotopic (exact) mass is 258 g/mol. The summed E-state index contributed by atoms with van der Waals surface area (Å²) in [4.78, 5) is 24.5. The molecule has 1 aromatic carbocycles. The van der Waals surface area contributed by atoms with Crippen LogP contribution in [-0.4, -0.2) is 28.7 Å². The Kier molecular flexibility index (Phi) is 2.56. The summed E-state index contributed by atoms with van der Waals surface area (Å²) in [5, 5.41) is 12.3. The molecule has 96 valence electrons. The summed E-state index contributed by atoms with van der Waals surface area (Å²) in [6, 6.07) is 8.75. The quantitative estimate of drug-likeness (QED) is 0.884. The van der Waals surface area contributed by atoms with Gasteiger partial charge in [-0.1, -0.05) is 23.4 Å². The molecule has 0 bridgehead atoms. The molecule has 0 spiro atoms. The predicted molar refractivity (Wildman–Crippen MR) is 65.3 cm³/mol. The molecule has 1 aliphatic heterocycles. The Bertz CT molecular complexity index is 662. The topological polar surface area (TPSA) is 83.6 Å². The number of hydrogen-bond donors (Lipinski definition) is 1. The van der Waals surface area contributed by atoms with Crippen molar-refractivity contribution in [3.63, 3.8) is 0 Å². The maximum Gasteiger partial charge on any atom is 0.374 e. The number of rotatable bonds is 2. The Hall–Kier alpha value is -2.63. The standard InChI is InChI=1S/C13H10N2O4/c16-12(9-7-11(13(17)18)19-14-9)15-6-5-8-3-1-2-4-10(8)15/h1-4,7H,5-6H2,(H,17,18). The Morgan fingerprint density at radius 3 is 2.84 bits per heavy atom. The zero-order valence-corrected chi connectivity index (χ0v) is 9.87. The van der Waals surface area contributed by atoms with Gasteiger partial charge in [0, 0.05) is 18.3 Å². The number of aromatic carboxylic acids is 1. The van der Waals surface area contributed by atoms with E-state index in [0.29, 0.717) is 6.54 Å². The maximum absolute atomic E-state index is 12.3. The number of carbonyl (C=O) groups excluding carboxylic acids is 1. The number of nitrogens with zero attached hydrogens (tertiary/aromatic N) is 2. The van der Waals surface area contributed by atoms with Gasteiger partial charge in [-0.3, -0.25) is 4.79 Å². The number of carboxylic acid groups (broad SMARTS) is 1. The Morgan fingerprint density at radius 2 is 2.11 bits per heavy atom. The van der Waals surface area contributed by atoms with Crippen LogP contribution >= 0.6 is 0 Å². The predicted octanol–water partition coefficient (Wildman–Crippen LogP) is 1.58. The first-order chi connectivity index (χ1) is 9.16. The van der Waals surface area contributed by atoms with E-state index in [0.717, 1.165) is 23.7 Å². The lowest BCUT2D eigenvalue weighted by atomic mass is 10.2. The minimum atomic E-state index is -1.24. The van der Waals surface area contributed by atoms with E-state index in [4.69, 9.17) is 5.11 Å². The van der Waals surface area contributed by atoms with Crippen LogP contribution in [0.4, 0.5) is 5.69 Å². The summed E-state index contributed by atoms with van der Waals surface area (Å²) >= 11 is 0. The second kappa shape index (κ2) is 4.24. The lowest BCUT2D eigenvalue weighted by Gasteiger charge is -2.15. The highest BCUT2D eigenvalue weighted by atomic mass is 16.5. The molecule has 0 saturated heterocycles. The van der Waals surface area contributed by atoms with Gasteiger partial charge in [0.25, 0.3) is 5.91 Å². The van der Waals surface area contributed by atoms with Crippen LogP contribution < -0.4 is 4.90 Å². The number of benzene rings is 1. The average Bonchev–Trinajstić information content (AvgIpc) is 3.05. The highest BCUT2D eigenvalue weighted by molar-refractivity contribution is 6.06. The van der Waals surface area contributed by atoms with E-state index in [9.17, 15) is 9.59 Å². The molecule has 6 heteroatoms. The first-order valence-electron chi connectivity index (χ1n) is 5.76. The number of anilines is 1. The number of hydrogen-bond acceptors (Lipinski definition) is 4. The van der Waals surface area contributed by atoms with E-state index >= 15 is 0 Å². The van der Waals surface area contributed by atoms with Crippen molar-refractivity contribution in [1.29, 1.82) is 0 Å². The fourth-order valence-electron chi connectivity index (χ4n) is 2.16. The van der Waals surface area contributed by atoms with Gasteiger partial charge in [-0.25, -0.2) is 4.79 Å². The number of amides is 1. The maximum atomic E-state index is 12.3. The SMILES string of the molecule is O=C(O)c1cc(C(=O)N2CCc3ccccc32)no1. The van der Waals surface area contributed by atoms with Crippen molar-refractivity contribution in [2.45, 2.75) is 6.42 Å². The summed E-state index contributed by atoms with van der Waals surface area (Å²) < 4.78 is 4.60. The van der Waals surface area contributed by atoms with E-state index < -0.39 is 5.97 Å². The van der Waals surface area contributed by atoms with Crippen LogP contribution in [0, 0.1) is 0 Å². The molecule has 1 N–H and O–H groups in total. The first-order valence-corrected chi connectivity index (χ1v) is 5.76. The lowest BCUT2D eigenvalue weighted by molar-refractivity contribution is 0.0651. The third kappa shape index (κ3) is 1.87. The fraction of sp³-hybridized carbons (Fsp3) is 0.154. The molecule has 0 radical (unpaired) electrons. The summed E-state index contributed by atoms with van der Waals surface area (Å²) in [7, 11) is 0. The van der Waals surface area contributed by atoms with Crippen molar-refractivity contribution in [3.05, 3.63) is 47.3 Å². The largest absolute Gasteiger partial charge is 0.475 e. The summed E-state index contributed by atoms with van der Waals surface area (Å²) in [6.07, 6.45) is 0.783. The smallest absolute Gasteiger partial charge is 0.374 e. The molecule has 1 aromatic heterocycles. The molecule has 2 aromatic rings. The van der Waals surface area contributed by atoms with Crippen LogP contribution in [0.5, 0.6) is 0 Å². The highest BCUT2D eigenvalue weighted by Crippen LogP contribution is 2.28. The fourth-order valence-corrected chi connectivity index (χ4v) is 2.16. The van der Waals surface area contributed by atoms with Gasteiger partial charge < -0.3 is 14.5 Å². The Morgan fingerprint density at radius 1 is 1.32 bits per heavy atom. The highest BCUT2D eigenvalue weighted by Gasteiger charge is 2.28. The van der Waals surface area contributed by atoms with Gasteiger partial charge in [0.15, 0.2) is 5.69 Å². The molecule has 2 heterocycles. The number of aromatic nitrogens is 1. The third-order valence-corrected chi connectivity index (χ3v) is 3.07. The van der Waals surface area contributed by atoms with Crippen LogP contribution in [0.15, 0.2) is 34.9 Å². The second-order valence-electron chi connectivity index (χ2n) is 4.22. The molecule has 0 atom stereocenters. The molecule has 0 unspecified atom stereocenters. The van der Waals surface area contributed by atoms with Gasteiger partial charge in [-0.15, -0.1) is 0 Å². The van der Waals surface area contributed by atoms with Crippen LogP contribution in [0.3, 0.4) is 0 Å². The van der Waals surface area contributed by atoms with Crippen LogP contribution in [0.2, 0.25) is 0 Å². The van der Waals surface area contributed by atoms with Crippen LogP contribution in [0.1, 0.15) is 26.6 Å². The van der Waals surface area contributed by atoms with Crippen molar-refractivity contribution in [2.75, 3.05) is 11.4 Å². The van der Waals surface area contributed by atoms with Crippen molar-refractivity contribution in [2.24, 2.45) is 0 Å². The summed E-state index contributed by atoms with van der Waals surface area (Å²) in [5.41, 5.74) is 1.94. The normalized spacial score (nSPS) is 13.4. The van der Waals surface area contributed by atoms with Crippen molar-refractivity contribution in [3.8, 4) is 0 Å². The molecular formula is C13H10N2O4. The number of carboxylic acids is 1. The average molecular weight is 258 g/mol. The molecule has 0 fully saturated rings. The van der Waals surface area contributed by atoms with Crippen molar-refractivity contribution >= 4 is 17.6 Å². The minimum Gasteiger partial charge on any atom is -0.475 e. The number of fused-ring (bicyclic) bond motifs is 1. The molecule has 1 amide bonds. The molecule has 6 nitrogen and oxygen atoms in total. The third-order valence-electron chi connectivity index (χ3n) is 3.07.